The molecule has 1 aliphatic carbocycles. The highest BCUT2D eigenvalue weighted by Gasteiger charge is 2.44. The topological polar surface area (TPSA) is 61.4 Å². The molecule has 4 nitrogen and oxygen atoms in total. The third-order valence-corrected chi connectivity index (χ3v) is 4.64. The summed E-state index contributed by atoms with van der Waals surface area (Å²) in [6, 6.07) is 13.4. The van der Waals surface area contributed by atoms with Gasteiger partial charge in [0.15, 0.2) is 0 Å². The number of urea groups is 1. The normalized spacial score (nSPS) is 22.5. The molecule has 1 aliphatic rings. The fourth-order valence-electron chi connectivity index (χ4n) is 3.12. The average Bonchev–Trinajstić information content (AvgIpc) is 2.54. The summed E-state index contributed by atoms with van der Waals surface area (Å²) in [5.74, 6) is -0.588. The van der Waals surface area contributed by atoms with Gasteiger partial charge >= 0.3 is 6.03 Å². The molecule has 1 fully saturated rings. The number of carbonyl (C=O) groups is 1. The second-order valence-electron chi connectivity index (χ2n) is 6.14. The molecule has 0 radical (unpaired) electrons. The lowest BCUT2D eigenvalue weighted by atomic mass is 9.62. The minimum Gasteiger partial charge on any atom is -0.393 e. The molecule has 2 aromatic rings. The molecule has 6 heteroatoms. The Morgan fingerprint density at radius 1 is 1.25 bits per heavy atom. The lowest BCUT2D eigenvalue weighted by Gasteiger charge is -2.46. The van der Waals surface area contributed by atoms with Crippen LogP contribution in [-0.4, -0.2) is 23.8 Å². The molecule has 0 bridgehead atoms. The molecule has 0 saturated heterocycles. The highest BCUT2D eigenvalue weighted by Crippen LogP contribution is 2.43. The molecule has 0 heterocycles. The van der Waals surface area contributed by atoms with Crippen molar-refractivity contribution in [1.29, 1.82) is 0 Å². The first kappa shape index (κ1) is 16.7. The van der Waals surface area contributed by atoms with E-state index in [1.807, 2.05) is 30.3 Å². The Kier molecular flexibility index (Phi) is 4.73. The van der Waals surface area contributed by atoms with E-state index in [4.69, 9.17) is 11.6 Å². The number of hydrogen-bond acceptors (Lipinski definition) is 2. The molecule has 0 unspecified atom stereocenters. The smallest absolute Gasteiger partial charge is 0.319 e. The monoisotopic (exact) mass is 348 g/mol. The van der Waals surface area contributed by atoms with E-state index in [2.05, 4.69) is 10.6 Å². The Bertz CT molecular complexity index is 733. The van der Waals surface area contributed by atoms with Crippen molar-refractivity contribution in [3.8, 4) is 0 Å². The standard InChI is InChI=1S/C18H18ClFN2O2/c19-13-6-7-16(15(20)8-13)22-17(24)21-11-18(9-14(23)10-18)12-4-2-1-3-5-12/h1-8,14,23H,9-11H2,(H2,21,22,24). The second kappa shape index (κ2) is 6.79. The maximum atomic E-state index is 13.7. The van der Waals surface area contributed by atoms with E-state index in [0.717, 1.165) is 11.6 Å². The number of carbonyl (C=O) groups excluding carboxylic acids is 1. The number of aliphatic hydroxyl groups is 1. The number of hydrogen-bond donors (Lipinski definition) is 3. The summed E-state index contributed by atoms with van der Waals surface area (Å²) in [6.07, 6.45) is 0.822. The summed E-state index contributed by atoms with van der Waals surface area (Å²) in [7, 11) is 0. The van der Waals surface area contributed by atoms with Gasteiger partial charge in [-0.2, -0.15) is 0 Å². The van der Waals surface area contributed by atoms with Gasteiger partial charge in [0.25, 0.3) is 0 Å². The van der Waals surface area contributed by atoms with Gasteiger partial charge in [0.1, 0.15) is 5.82 Å². The van der Waals surface area contributed by atoms with Crippen LogP contribution in [0.1, 0.15) is 18.4 Å². The number of aliphatic hydroxyl groups excluding tert-OH is 1. The van der Waals surface area contributed by atoms with Crippen LogP contribution in [-0.2, 0) is 5.41 Å². The summed E-state index contributed by atoms with van der Waals surface area (Å²) < 4.78 is 13.7. The van der Waals surface area contributed by atoms with Gasteiger partial charge in [0, 0.05) is 17.0 Å². The van der Waals surface area contributed by atoms with Gasteiger partial charge in [-0.3, -0.25) is 0 Å². The van der Waals surface area contributed by atoms with Crippen LogP contribution in [0.4, 0.5) is 14.9 Å². The van der Waals surface area contributed by atoms with E-state index < -0.39 is 11.8 Å². The van der Waals surface area contributed by atoms with Crippen LogP contribution in [0.2, 0.25) is 5.02 Å². The van der Waals surface area contributed by atoms with Gasteiger partial charge in [0.05, 0.1) is 11.8 Å². The van der Waals surface area contributed by atoms with Gasteiger partial charge in [-0.1, -0.05) is 41.9 Å². The first-order valence-corrected chi connectivity index (χ1v) is 8.10. The molecule has 0 aromatic heterocycles. The molecule has 0 aliphatic heterocycles. The van der Waals surface area contributed by atoms with Gasteiger partial charge in [-0.05, 0) is 36.6 Å². The highest BCUT2D eigenvalue weighted by atomic mass is 35.5. The third kappa shape index (κ3) is 3.52. The third-order valence-electron chi connectivity index (χ3n) is 4.41. The summed E-state index contributed by atoms with van der Waals surface area (Å²) >= 11 is 5.69. The minimum absolute atomic E-state index is 0.0688. The molecule has 0 spiro atoms. The molecule has 24 heavy (non-hydrogen) atoms. The Morgan fingerprint density at radius 3 is 2.58 bits per heavy atom. The zero-order chi connectivity index (χ0) is 17.2. The van der Waals surface area contributed by atoms with Crippen molar-refractivity contribution in [2.24, 2.45) is 0 Å². The lowest BCUT2D eigenvalue weighted by molar-refractivity contribution is 0.0193. The molecule has 3 rings (SSSR count). The Morgan fingerprint density at radius 2 is 1.96 bits per heavy atom. The Balaban J connectivity index is 1.64. The first-order valence-electron chi connectivity index (χ1n) is 7.72. The fraction of sp³-hybridized carbons (Fsp3) is 0.278. The molecule has 3 N–H and O–H groups in total. The van der Waals surface area contributed by atoms with E-state index in [1.165, 1.54) is 12.1 Å². The molecule has 0 atom stereocenters. The minimum atomic E-state index is -0.588. The molecule has 126 valence electrons. The molecule has 1 saturated carbocycles. The van der Waals surface area contributed by atoms with Gasteiger partial charge in [-0.25, -0.2) is 9.18 Å². The zero-order valence-corrected chi connectivity index (χ0v) is 13.7. The maximum Gasteiger partial charge on any atom is 0.319 e. The van der Waals surface area contributed by atoms with E-state index in [1.54, 1.807) is 0 Å². The Labute approximate surface area is 144 Å². The van der Waals surface area contributed by atoms with E-state index >= 15 is 0 Å². The van der Waals surface area contributed by atoms with Crippen molar-refractivity contribution >= 4 is 23.3 Å². The largest absolute Gasteiger partial charge is 0.393 e. The van der Waals surface area contributed by atoms with Crippen LogP contribution >= 0.6 is 11.6 Å². The van der Waals surface area contributed by atoms with Crippen molar-refractivity contribution in [3.63, 3.8) is 0 Å². The number of amides is 2. The quantitative estimate of drug-likeness (QED) is 0.789. The number of halogens is 2. The predicted molar refractivity (Wildman–Crippen MR) is 91.8 cm³/mol. The van der Waals surface area contributed by atoms with Crippen molar-refractivity contribution in [2.45, 2.75) is 24.4 Å². The van der Waals surface area contributed by atoms with Crippen molar-refractivity contribution in [1.82, 2.24) is 5.32 Å². The molecule has 2 amide bonds. The summed E-state index contributed by atoms with van der Waals surface area (Å²) in [5.41, 5.74) is 0.865. The lowest BCUT2D eigenvalue weighted by Crippen LogP contribution is -2.52. The van der Waals surface area contributed by atoms with Crippen LogP contribution < -0.4 is 10.6 Å². The van der Waals surface area contributed by atoms with E-state index in [0.29, 0.717) is 19.4 Å². The SMILES string of the molecule is O=C(NCC1(c2ccccc2)CC(O)C1)Nc1ccc(Cl)cc1F. The van der Waals surface area contributed by atoms with Gasteiger partial charge in [-0.15, -0.1) is 0 Å². The summed E-state index contributed by atoms with van der Waals surface area (Å²) in [5, 5.41) is 15.2. The van der Waals surface area contributed by atoms with Gasteiger partial charge < -0.3 is 15.7 Å². The fourth-order valence-corrected chi connectivity index (χ4v) is 3.28. The number of rotatable bonds is 4. The van der Waals surface area contributed by atoms with Crippen LogP contribution in [0.5, 0.6) is 0 Å². The molecular weight excluding hydrogens is 331 g/mol. The summed E-state index contributed by atoms with van der Waals surface area (Å²) in [4.78, 5) is 12.1. The van der Waals surface area contributed by atoms with Crippen molar-refractivity contribution < 1.29 is 14.3 Å². The van der Waals surface area contributed by atoms with Crippen LogP contribution in [0, 0.1) is 5.82 Å². The van der Waals surface area contributed by atoms with Crippen molar-refractivity contribution in [3.05, 3.63) is 64.9 Å². The second-order valence-corrected chi connectivity index (χ2v) is 6.58. The van der Waals surface area contributed by atoms with Gasteiger partial charge in [0.2, 0.25) is 0 Å². The van der Waals surface area contributed by atoms with E-state index in [-0.39, 0.29) is 22.2 Å². The predicted octanol–water partition coefficient (Wildman–Crippen LogP) is 3.69. The van der Waals surface area contributed by atoms with Crippen molar-refractivity contribution in [2.75, 3.05) is 11.9 Å². The summed E-state index contributed by atoms with van der Waals surface area (Å²) in [6.45, 7) is 0.370. The Hall–Kier alpha value is -2.11. The first-order chi connectivity index (χ1) is 11.5. The molecule has 2 aromatic carbocycles. The van der Waals surface area contributed by atoms with Crippen LogP contribution in [0.15, 0.2) is 48.5 Å². The number of nitrogens with one attached hydrogen (secondary N) is 2. The van der Waals surface area contributed by atoms with Crippen LogP contribution in [0.3, 0.4) is 0 Å². The van der Waals surface area contributed by atoms with Crippen LogP contribution in [0.25, 0.3) is 0 Å². The maximum absolute atomic E-state index is 13.7. The number of benzene rings is 2. The van der Waals surface area contributed by atoms with E-state index in [9.17, 15) is 14.3 Å². The highest BCUT2D eigenvalue weighted by molar-refractivity contribution is 6.30. The number of anilines is 1. The zero-order valence-electron chi connectivity index (χ0n) is 12.9. The average molecular weight is 349 g/mol. The molecular formula is C18H18ClFN2O2.